The Kier molecular flexibility index (Phi) is 7.37. The second-order valence-electron chi connectivity index (χ2n) is 5.94. The molecule has 0 bridgehead atoms. The van der Waals surface area contributed by atoms with E-state index < -0.39 is 0 Å². The van der Waals surface area contributed by atoms with Crippen LogP contribution in [0.4, 0.5) is 0 Å². The lowest BCUT2D eigenvalue weighted by Gasteiger charge is -2.36. The van der Waals surface area contributed by atoms with Crippen molar-refractivity contribution in [2.75, 3.05) is 46.4 Å². The van der Waals surface area contributed by atoms with E-state index in [9.17, 15) is 4.79 Å². The minimum Gasteiger partial charge on any atom is -0.497 e. The lowest BCUT2D eigenvalue weighted by molar-refractivity contribution is -0.130. The van der Waals surface area contributed by atoms with Gasteiger partial charge in [-0.25, -0.2) is 0 Å². The van der Waals surface area contributed by atoms with Crippen LogP contribution in [0, 0.1) is 0 Å². The number of amides is 1. The van der Waals surface area contributed by atoms with E-state index in [0.29, 0.717) is 11.6 Å². The van der Waals surface area contributed by atoms with Gasteiger partial charge in [-0.1, -0.05) is 17.7 Å². The molecule has 1 heterocycles. The number of methoxy groups -OCH3 is 1. The predicted octanol–water partition coefficient (Wildman–Crippen LogP) is 2.02. The summed E-state index contributed by atoms with van der Waals surface area (Å²) in [6.07, 6.45) is 0.769. The molecule has 1 fully saturated rings. The largest absolute Gasteiger partial charge is 0.497 e. The fourth-order valence-corrected chi connectivity index (χ4v) is 3.06. The Morgan fingerprint density at radius 1 is 1.28 bits per heavy atom. The Bertz CT molecular complexity index is 613. The molecule has 138 valence electrons. The van der Waals surface area contributed by atoms with Crippen LogP contribution in [0.3, 0.4) is 0 Å². The molecule has 1 aliphatic heterocycles. The van der Waals surface area contributed by atoms with Gasteiger partial charge in [-0.2, -0.15) is 0 Å². The smallest absolute Gasteiger partial charge is 0.219 e. The summed E-state index contributed by atoms with van der Waals surface area (Å²) < 4.78 is 5.17. The number of carbonyl (C=O) groups excluding carboxylic acids is 1. The van der Waals surface area contributed by atoms with Gasteiger partial charge in [0.15, 0.2) is 5.96 Å². The van der Waals surface area contributed by atoms with Gasteiger partial charge in [0.25, 0.3) is 0 Å². The van der Waals surface area contributed by atoms with Gasteiger partial charge in [-0.3, -0.25) is 9.79 Å². The molecule has 0 radical (unpaired) electrons. The van der Waals surface area contributed by atoms with Gasteiger partial charge in [0, 0.05) is 51.2 Å². The number of aliphatic imine (C=N–C) groups is 1. The number of benzene rings is 1. The van der Waals surface area contributed by atoms with Gasteiger partial charge in [0.2, 0.25) is 5.91 Å². The van der Waals surface area contributed by atoms with Crippen molar-refractivity contribution >= 4 is 23.5 Å². The van der Waals surface area contributed by atoms with Crippen LogP contribution in [0.5, 0.6) is 5.75 Å². The molecule has 2 rings (SSSR count). The zero-order valence-corrected chi connectivity index (χ0v) is 16.0. The molecule has 1 aromatic rings. The quantitative estimate of drug-likeness (QED) is 0.640. The van der Waals surface area contributed by atoms with Crippen LogP contribution in [0.15, 0.2) is 23.2 Å². The molecule has 25 heavy (non-hydrogen) atoms. The maximum atomic E-state index is 11.4. The summed E-state index contributed by atoms with van der Waals surface area (Å²) in [5, 5.41) is 4.04. The molecule has 0 spiro atoms. The number of ether oxygens (including phenoxy) is 1. The van der Waals surface area contributed by atoms with Crippen LogP contribution >= 0.6 is 11.6 Å². The lowest BCUT2D eigenvalue weighted by atomic mass is 10.1. The summed E-state index contributed by atoms with van der Waals surface area (Å²) >= 11 is 6.29. The van der Waals surface area contributed by atoms with E-state index in [1.165, 1.54) is 0 Å². The van der Waals surface area contributed by atoms with Crippen molar-refractivity contribution in [2.45, 2.75) is 20.3 Å². The predicted molar refractivity (Wildman–Crippen MR) is 102 cm³/mol. The zero-order chi connectivity index (χ0) is 18.2. The number of nitrogens with zero attached hydrogens (tertiary/aromatic N) is 3. The maximum absolute atomic E-state index is 11.4. The highest BCUT2D eigenvalue weighted by atomic mass is 35.5. The second kappa shape index (κ2) is 9.51. The molecule has 1 N–H and O–H groups in total. The molecule has 7 heteroatoms. The lowest BCUT2D eigenvalue weighted by Crippen LogP contribution is -2.53. The summed E-state index contributed by atoms with van der Waals surface area (Å²) in [5.74, 6) is 1.79. The Morgan fingerprint density at radius 3 is 2.52 bits per heavy atom. The van der Waals surface area contributed by atoms with Crippen LogP contribution < -0.4 is 10.1 Å². The van der Waals surface area contributed by atoms with E-state index in [4.69, 9.17) is 21.3 Å². The van der Waals surface area contributed by atoms with E-state index in [1.807, 2.05) is 23.1 Å². The van der Waals surface area contributed by atoms with Crippen molar-refractivity contribution in [2.24, 2.45) is 4.99 Å². The molecule has 1 aliphatic rings. The van der Waals surface area contributed by atoms with E-state index in [-0.39, 0.29) is 5.91 Å². The van der Waals surface area contributed by atoms with Gasteiger partial charge < -0.3 is 19.9 Å². The number of carbonyl (C=O) groups is 1. The molecule has 1 amide bonds. The first-order valence-electron chi connectivity index (χ1n) is 8.66. The van der Waals surface area contributed by atoms with Crippen LogP contribution in [0.1, 0.15) is 19.4 Å². The average Bonchev–Trinajstić information content (AvgIpc) is 2.62. The van der Waals surface area contributed by atoms with Crippen molar-refractivity contribution < 1.29 is 9.53 Å². The zero-order valence-electron chi connectivity index (χ0n) is 15.2. The SMILES string of the molecule is CCNC(=NCCc1ccc(OC)cc1Cl)N1CCN(C(C)=O)CC1. The Morgan fingerprint density at radius 2 is 1.96 bits per heavy atom. The molecule has 0 unspecified atom stereocenters. The highest BCUT2D eigenvalue weighted by Crippen LogP contribution is 2.22. The van der Waals surface area contributed by atoms with Crippen LogP contribution in [0.2, 0.25) is 5.02 Å². The molecule has 0 saturated carbocycles. The molecular weight excluding hydrogens is 340 g/mol. The van der Waals surface area contributed by atoms with Crippen molar-refractivity contribution in [3.63, 3.8) is 0 Å². The average molecular weight is 367 g/mol. The van der Waals surface area contributed by atoms with Crippen LogP contribution in [0.25, 0.3) is 0 Å². The van der Waals surface area contributed by atoms with Crippen molar-refractivity contribution in [1.29, 1.82) is 0 Å². The number of piperazine rings is 1. The van der Waals surface area contributed by atoms with Gasteiger partial charge in [0.05, 0.1) is 7.11 Å². The number of hydrogen-bond acceptors (Lipinski definition) is 3. The molecule has 6 nitrogen and oxygen atoms in total. The normalized spacial score (nSPS) is 15.3. The van der Waals surface area contributed by atoms with E-state index >= 15 is 0 Å². The van der Waals surface area contributed by atoms with Crippen LogP contribution in [-0.2, 0) is 11.2 Å². The third-order valence-electron chi connectivity index (χ3n) is 4.26. The summed E-state index contributed by atoms with van der Waals surface area (Å²) in [6.45, 7) is 8.23. The van der Waals surface area contributed by atoms with E-state index in [2.05, 4.69) is 17.1 Å². The minimum atomic E-state index is 0.135. The first-order valence-corrected chi connectivity index (χ1v) is 9.04. The number of rotatable bonds is 5. The van der Waals surface area contributed by atoms with Crippen molar-refractivity contribution in [3.05, 3.63) is 28.8 Å². The highest BCUT2D eigenvalue weighted by molar-refractivity contribution is 6.31. The number of hydrogen-bond donors (Lipinski definition) is 1. The Balaban J connectivity index is 1.95. The topological polar surface area (TPSA) is 57.2 Å². The Labute approximate surface area is 154 Å². The third kappa shape index (κ3) is 5.53. The molecule has 1 aromatic carbocycles. The molecule has 0 aromatic heterocycles. The van der Waals surface area contributed by atoms with Gasteiger partial charge in [0.1, 0.15) is 5.75 Å². The highest BCUT2D eigenvalue weighted by Gasteiger charge is 2.20. The third-order valence-corrected chi connectivity index (χ3v) is 4.61. The summed E-state index contributed by atoms with van der Waals surface area (Å²) in [7, 11) is 1.63. The van der Waals surface area contributed by atoms with Gasteiger partial charge >= 0.3 is 0 Å². The first-order chi connectivity index (χ1) is 12.0. The fraction of sp³-hybridized carbons (Fsp3) is 0.556. The number of halogens is 1. The second-order valence-corrected chi connectivity index (χ2v) is 6.34. The van der Waals surface area contributed by atoms with Crippen molar-refractivity contribution in [3.8, 4) is 5.75 Å². The molecule has 1 saturated heterocycles. The molecule has 0 atom stereocenters. The monoisotopic (exact) mass is 366 g/mol. The number of nitrogens with one attached hydrogen (secondary N) is 1. The van der Waals surface area contributed by atoms with E-state index in [1.54, 1.807) is 14.0 Å². The van der Waals surface area contributed by atoms with Gasteiger partial charge in [-0.15, -0.1) is 0 Å². The molecule has 0 aliphatic carbocycles. The first kappa shape index (κ1) is 19.4. The van der Waals surface area contributed by atoms with Crippen molar-refractivity contribution in [1.82, 2.24) is 15.1 Å². The fourth-order valence-electron chi connectivity index (χ4n) is 2.80. The van der Waals surface area contributed by atoms with Gasteiger partial charge in [-0.05, 0) is 31.0 Å². The van der Waals surface area contributed by atoms with Crippen LogP contribution in [-0.4, -0.2) is 68.0 Å². The standard InChI is InChI=1S/C18H27ClN4O2/c1-4-20-18(23-11-9-22(10-12-23)14(2)24)21-8-7-15-5-6-16(25-3)13-17(15)19/h5-6,13H,4,7-12H2,1-3H3,(H,20,21). The maximum Gasteiger partial charge on any atom is 0.219 e. The van der Waals surface area contributed by atoms with E-state index in [0.717, 1.165) is 56.4 Å². The summed E-state index contributed by atoms with van der Waals surface area (Å²) in [4.78, 5) is 20.3. The number of guanidine groups is 1. The summed E-state index contributed by atoms with van der Waals surface area (Å²) in [6, 6.07) is 5.72. The molecular formula is C18H27ClN4O2. The minimum absolute atomic E-state index is 0.135. The Hall–Kier alpha value is -1.95. The summed E-state index contributed by atoms with van der Waals surface area (Å²) in [5.41, 5.74) is 1.06.